The molecule has 0 amide bonds. The van der Waals surface area contributed by atoms with Gasteiger partial charge in [0, 0.05) is 17.5 Å². The second-order valence-corrected chi connectivity index (χ2v) is 11.2. The van der Waals surface area contributed by atoms with Gasteiger partial charge >= 0.3 is 11.9 Å². The average Bonchev–Trinajstić information content (AvgIpc) is 3.00. The van der Waals surface area contributed by atoms with E-state index in [9.17, 15) is 9.59 Å². The van der Waals surface area contributed by atoms with Gasteiger partial charge in [0.05, 0.1) is 11.8 Å². The number of esters is 2. The Balaban J connectivity index is 1.41. The zero-order valence-corrected chi connectivity index (χ0v) is 22.5. The smallest absolute Gasteiger partial charge is 0.314 e. The van der Waals surface area contributed by atoms with Gasteiger partial charge in [0.25, 0.3) is 0 Å². The molecule has 0 N–H and O–H groups in total. The molecule has 4 aromatic rings. The number of carbonyl (C=O) groups is 2. The lowest BCUT2D eigenvalue weighted by Crippen LogP contribution is -2.23. The van der Waals surface area contributed by atoms with E-state index in [4.69, 9.17) is 9.47 Å². The maximum atomic E-state index is 13.2. The Morgan fingerprint density at radius 3 is 1.38 bits per heavy atom. The number of hydrogen-bond acceptors (Lipinski definition) is 4. The summed E-state index contributed by atoms with van der Waals surface area (Å²) in [4.78, 5) is 26.4. The third kappa shape index (κ3) is 5.56. The van der Waals surface area contributed by atoms with Crippen LogP contribution < -0.4 is 9.47 Å². The molecule has 0 heterocycles. The molecular formula is C35H36O4. The second-order valence-electron chi connectivity index (χ2n) is 11.2. The molecule has 39 heavy (non-hydrogen) atoms. The first-order chi connectivity index (χ1) is 19.2. The van der Waals surface area contributed by atoms with E-state index in [-0.39, 0.29) is 23.8 Å². The van der Waals surface area contributed by atoms with Crippen molar-refractivity contribution in [3.63, 3.8) is 0 Å². The van der Waals surface area contributed by atoms with E-state index < -0.39 is 0 Å². The van der Waals surface area contributed by atoms with Crippen LogP contribution in [0.15, 0.2) is 72.8 Å². The maximum Gasteiger partial charge on any atom is 0.314 e. The summed E-state index contributed by atoms with van der Waals surface area (Å²) in [5, 5.41) is 4.27. The van der Waals surface area contributed by atoms with Crippen molar-refractivity contribution in [1.82, 2.24) is 0 Å². The predicted octanol–water partition coefficient (Wildman–Crippen LogP) is 8.56. The highest BCUT2D eigenvalue weighted by molar-refractivity contribution is 5.93. The fraction of sp³-hybridized carbons (Fsp3) is 0.371. The summed E-state index contributed by atoms with van der Waals surface area (Å²) in [6.07, 6.45) is 10.8. The lowest BCUT2D eigenvalue weighted by Gasteiger charge is -2.22. The number of hydrogen-bond donors (Lipinski definition) is 0. The Morgan fingerprint density at radius 2 is 0.949 bits per heavy atom. The van der Waals surface area contributed by atoms with E-state index in [2.05, 4.69) is 24.3 Å². The van der Waals surface area contributed by atoms with Gasteiger partial charge in [-0.1, -0.05) is 99.2 Å². The summed E-state index contributed by atoms with van der Waals surface area (Å²) in [5.74, 6) is 0.856. The molecule has 0 unspecified atom stereocenters. The summed E-state index contributed by atoms with van der Waals surface area (Å²) in [7, 11) is 0. The number of fused-ring (bicyclic) bond motifs is 2. The third-order valence-corrected chi connectivity index (χ3v) is 8.65. The summed E-state index contributed by atoms with van der Waals surface area (Å²) in [6, 6.07) is 24.3. The molecule has 4 aromatic carbocycles. The van der Waals surface area contributed by atoms with Crippen LogP contribution in [0.5, 0.6) is 11.5 Å². The van der Waals surface area contributed by atoms with Crippen LogP contribution in [-0.4, -0.2) is 11.9 Å². The van der Waals surface area contributed by atoms with Gasteiger partial charge in [-0.15, -0.1) is 0 Å². The van der Waals surface area contributed by atoms with Crippen LogP contribution in [0.1, 0.15) is 75.3 Å². The van der Waals surface area contributed by atoms with E-state index in [0.29, 0.717) is 17.9 Å². The fourth-order valence-electron chi connectivity index (χ4n) is 6.42. The lowest BCUT2D eigenvalue weighted by molar-refractivity contribution is -0.140. The Kier molecular flexibility index (Phi) is 7.62. The zero-order valence-electron chi connectivity index (χ0n) is 22.5. The highest BCUT2D eigenvalue weighted by atomic mass is 16.5. The van der Waals surface area contributed by atoms with Crippen LogP contribution in [0, 0.1) is 11.8 Å². The van der Waals surface area contributed by atoms with Gasteiger partial charge in [-0.05, 0) is 59.4 Å². The zero-order chi connectivity index (χ0) is 26.6. The predicted molar refractivity (Wildman–Crippen MR) is 155 cm³/mol. The van der Waals surface area contributed by atoms with Crippen molar-refractivity contribution < 1.29 is 19.1 Å². The van der Waals surface area contributed by atoms with E-state index >= 15 is 0 Å². The normalized spacial score (nSPS) is 16.8. The van der Waals surface area contributed by atoms with Crippen LogP contribution in [0.2, 0.25) is 0 Å². The average molecular weight is 521 g/mol. The summed E-state index contributed by atoms with van der Waals surface area (Å²) in [5.41, 5.74) is 1.90. The second kappa shape index (κ2) is 11.6. The van der Waals surface area contributed by atoms with Crippen molar-refractivity contribution >= 4 is 33.5 Å². The van der Waals surface area contributed by atoms with Crippen molar-refractivity contribution in [2.75, 3.05) is 0 Å². The van der Waals surface area contributed by atoms with Crippen LogP contribution in [-0.2, 0) is 16.0 Å². The van der Waals surface area contributed by atoms with Gasteiger partial charge in [-0.25, -0.2) is 0 Å². The van der Waals surface area contributed by atoms with Crippen LogP contribution in [0.3, 0.4) is 0 Å². The number of carbonyl (C=O) groups excluding carboxylic acids is 2. The van der Waals surface area contributed by atoms with Crippen LogP contribution >= 0.6 is 0 Å². The lowest BCUT2D eigenvalue weighted by atomic mass is 9.89. The van der Waals surface area contributed by atoms with E-state index in [1.54, 1.807) is 0 Å². The Bertz CT molecular complexity index is 1380. The minimum absolute atomic E-state index is 0.0392. The minimum atomic E-state index is -0.131. The minimum Gasteiger partial charge on any atom is -0.426 e. The van der Waals surface area contributed by atoms with Crippen LogP contribution in [0.25, 0.3) is 21.5 Å². The molecule has 2 saturated carbocycles. The molecule has 0 spiro atoms. The van der Waals surface area contributed by atoms with Crippen molar-refractivity contribution in [1.29, 1.82) is 0 Å². The number of ether oxygens (including phenoxy) is 2. The molecule has 0 saturated heterocycles. The molecule has 0 radical (unpaired) electrons. The molecule has 2 aliphatic rings. The van der Waals surface area contributed by atoms with E-state index in [1.807, 2.05) is 48.5 Å². The highest BCUT2D eigenvalue weighted by Gasteiger charge is 2.27. The topological polar surface area (TPSA) is 52.6 Å². The first-order valence-electron chi connectivity index (χ1n) is 14.6. The Morgan fingerprint density at radius 1 is 0.538 bits per heavy atom. The summed E-state index contributed by atoms with van der Waals surface area (Å²) >= 11 is 0. The van der Waals surface area contributed by atoms with Gasteiger partial charge in [-0.3, -0.25) is 9.59 Å². The summed E-state index contributed by atoms with van der Waals surface area (Å²) < 4.78 is 12.3. The molecule has 0 aliphatic heterocycles. The van der Waals surface area contributed by atoms with Gasteiger partial charge in [0.1, 0.15) is 11.5 Å². The molecule has 4 heteroatoms. The van der Waals surface area contributed by atoms with Crippen molar-refractivity contribution in [3.8, 4) is 11.5 Å². The molecule has 2 aliphatic carbocycles. The van der Waals surface area contributed by atoms with Crippen molar-refractivity contribution in [2.45, 2.75) is 70.6 Å². The molecule has 200 valence electrons. The highest BCUT2D eigenvalue weighted by Crippen LogP contribution is 2.38. The van der Waals surface area contributed by atoms with Crippen molar-refractivity contribution in [2.24, 2.45) is 11.8 Å². The molecule has 0 atom stereocenters. The molecule has 0 bridgehead atoms. The quantitative estimate of drug-likeness (QED) is 0.189. The maximum absolute atomic E-state index is 13.2. The molecule has 4 nitrogen and oxygen atoms in total. The van der Waals surface area contributed by atoms with Gasteiger partial charge in [-0.2, -0.15) is 0 Å². The number of rotatable bonds is 6. The van der Waals surface area contributed by atoms with Crippen molar-refractivity contribution in [3.05, 3.63) is 83.9 Å². The van der Waals surface area contributed by atoms with Gasteiger partial charge in [0.2, 0.25) is 0 Å². The van der Waals surface area contributed by atoms with E-state index in [1.165, 1.54) is 12.8 Å². The van der Waals surface area contributed by atoms with Gasteiger partial charge < -0.3 is 9.47 Å². The first kappa shape index (κ1) is 25.6. The Labute approximate surface area is 230 Å². The molecule has 6 rings (SSSR count). The number of benzene rings is 4. The van der Waals surface area contributed by atoms with Crippen LogP contribution in [0.4, 0.5) is 0 Å². The van der Waals surface area contributed by atoms with E-state index in [0.717, 1.165) is 84.0 Å². The van der Waals surface area contributed by atoms with Gasteiger partial charge in [0.15, 0.2) is 0 Å². The SMILES string of the molecule is O=C(Oc1ccc2ccccc2c1Cc1c(OC(=O)C2CCCCC2)ccc2ccccc12)C1CCCCC1. The molecular weight excluding hydrogens is 484 g/mol. The summed E-state index contributed by atoms with van der Waals surface area (Å²) in [6.45, 7) is 0. The largest absolute Gasteiger partial charge is 0.426 e. The Hall–Kier alpha value is -3.66. The first-order valence-corrected chi connectivity index (χ1v) is 14.6. The monoisotopic (exact) mass is 520 g/mol. The third-order valence-electron chi connectivity index (χ3n) is 8.65. The standard InChI is InChI=1S/C35H36O4/c36-34(26-13-3-1-4-14-26)38-32-21-19-24-11-7-9-17-28(24)30(32)23-31-29-18-10-8-12-25(29)20-22-33(31)39-35(37)27-15-5-2-6-16-27/h7-12,17-22,26-27H,1-6,13-16,23H2. The fourth-order valence-corrected chi connectivity index (χ4v) is 6.42. The molecule has 0 aromatic heterocycles. The molecule has 2 fully saturated rings.